The number of rotatable bonds is 12. The minimum absolute atomic E-state index is 0.212. The van der Waals surface area contributed by atoms with Crippen LogP contribution in [0.4, 0.5) is 10.2 Å². The second-order valence-corrected chi connectivity index (χ2v) is 10.7. The molecule has 1 heterocycles. The second-order valence-electron chi connectivity index (χ2n) is 10.7. The van der Waals surface area contributed by atoms with E-state index in [0.717, 1.165) is 11.1 Å². The van der Waals surface area contributed by atoms with Gasteiger partial charge >= 0.3 is 0 Å². The van der Waals surface area contributed by atoms with E-state index in [9.17, 15) is 14.0 Å². The molecule has 2 amide bonds. The molecule has 0 bridgehead atoms. The summed E-state index contributed by atoms with van der Waals surface area (Å²) in [5.74, 6) is 0.154. The zero-order valence-electron chi connectivity index (χ0n) is 22.6. The van der Waals surface area contributed by atoms with Crippen molar-refractivity contribution in [3.05, 3.63) is 77.6 Å². The van der Waals surface area contributed by atoms with Crippen LogP contribution in [0, 0.1) is 5.82 Å². The van der Waals surface area contributed by atoms with E-state index in [1.54, 1.807) is 30.3 Å². The van der Waals surface area contributed by atoms with E-state index in [-0.39, 0.29) is 17.1 Å². The van der Waals surface area contributed by atoms with E-state index < -0.39 is 5.60 Å². The molecule has 0 unspecified atom stereocenters. The zero-order valence-corrected chi connectivity index (χ0v) is 22.6. The van der Waals surface area contributed by atoms with Crippen LogP contribution in [0.1, 0.15) is 57.0 Å². The van der Waals surface area contributed by atoms with Crippen LogP contribution in [-0.4, -0.2) is 52.8 Å². The van der Waals surface area contributed by atoms with Crippen LogP contribution in [0.15, 0.2) is 60.7 Å². The van der Waals surface area contributed by atoms with Crippen LogP contribution < -0.4 is 10.6 Å². The second kappa shape index (κ2) is 12.6. The standard InChI is InChI=1S/C29H36FN5O3/c1-28(2,3)38-35(20-36)17-7-16-31-27(37)22-9-6-8-21(18-22)25-14-15-26(34-33-25)32-19-29(4,5)23-10-12-24(30)13-11-23/h6,8-15,18,20H,7,16-17,19H2,1-5H3,(H,31,37)(H,32,34). The lowest BCUT2D eigenvalue weighted by Gasteiger charge is -2.26. The molecule has 202 valence electrons. The Balaban J connectivity index is 1.54. The Labute approximate surface area is 223 Å². The van der Waals surface area contributed by atoms with E-state index in [2.05, 4.69) is 34.7 Å². The van der Waals surface area contributed by atoms with E-state index >= 15 is 0 Å². The van der Waals surface area contributed by atoms with Crippen molar-refractivity contribution in [2.45, 2.75) is 52.1 Å². The molecule has 8 nitrogen and oxygen atoms in total. The lowest BCUT2D eigenvalue weighted by Crippen LogP contribution is -2.35. The highest BCUT2D eigenvalue weighted by Gasteiger charge is 2.21. The number of aromatic nitrogens is 2. The maximum Gasteiger partial charge on any atom is 0.251 e. The maximum atomic E-state index is 13.3. The first kappa shape index (κ1) is 28.7. The van der Waals surface area contributed by atoms with Gasteiger partial charge in [-0.05, 0) is 69.2 Å². The highest BCUT2D eigenvalue weighted by molar-refractivity contribution is 5.95. The molecule has 1 aromatic heterocycles. The molecule has 9 heteroatoms. The molecule has 38 heavy (non-hydrogen) atoms. The summed E-state index contributed by atoms with van der Waals surface area (Å²) in [7, 11) is 0. The van der Waals surface area contributed by atoms with Gasteiger partial charge in [-0.15, -0.1) is 10.2 Å². The summed E-state index contributed by atoms with van der Waals surface area (Å²) >= 11 is 0. The van der Waals surface area contributed by atoms with Gasteiger partial charge in [-0.2, -0.15) is 0 Å². The topological polar surface area (TPSA) is 96.5 Å². The molecule has 2 aromatic carbocycles. The number of carbonyl (C=O) groups is 2. The Morgan fingerprint density at radius 2 is 1.76 bits per heavy atom. The van der Waals surface area contributed by atoms with Gasteiger partial charge in [0.1, 0.15) is 11.6 Å². The number of halogens is 1. The van der Waals surface area contributed by atoms with Gasteiger partial charge in [0.15, 0.2) is 0 Å². The van der Waals surface area contributed by atoms with Crippen molar-refractivity contribution in [3.63, 3.8) is 0 Å². The Bertz CT molecular complexity index is 1210. The molecule has 0 radical (unpaired) electrons. The predicted octanol–water partition coefficient (Wildman–Crippen LogP) is 4.98. The first-order valence-electron chi connectivity index (χ1n) is 12.6. The Kier molecular flexibility index (Phi) is 9.52. The number of nitrogens with one attached hydrogen (secondary N) is 2. The molecule has 3 rings (SSSR count). The van der Waals surface area contributed by atoms with Crippen LogP contribution in [0.2, 0.25) is 0 Å². The van der Waals surface area contributed by atoms with E-state index in [1.807, 2.05) is 39.0 Å². The molecule has 0 spiro atoms. The number of carbonyl (C=O) groups excluding carboxylic acids is 2. The largest absolute Gasteiger partial charge is 0.368 e. The summed E-state index contributed by atoms with van der Waals surface area (Å²) in [6.07, 6.45) is 1.20. The zero-order chi connectivity index (χ0) is 27.8. The average molecular weight is 522 g/mol. The highest BCUT2D eigenvalue weighted by atomic mass is 19.1. The number of benzene rings is 2. The monoisotopic (exact) mass is 521 g/mol. The summed E-state index contributed by atoms with van der Waals surface area (Å²) in [6, 6.07) is 17.4. The Morgan fingerprint density at radius 1 is 1.03 bits per heavy atom. The van der Waals surface area contributed by atoms with Crippen molar-refractivity contribution in [2.75, 3.05) is 25.0 Å². The third-order valence-electron chi connectivity index (χ3n) is 5.77. The van der Waals surface area contributed by atoms with Crippen molar-refractivity contribution in [1.29, 1.82) is 0 Å². The number of amides is 2. The van der Waals surface area contributed by atoms with Crippen LogP contribution in [0.3, 0.4) is 0 Å². The SMILES string of the molecule is CC(C)(C)ON(C=O)CCCNC(=O)c1cccc(-c2ccc(NCC(C)(C)c3ccc(F)cc3)nn2)c1. The maximum absolute atomic E-state index is 13.3. The average Bonchev–Trinajstić information content (AvgIpc) is 2.89. The summed E-state index contributed by atoms with van der Waals surface area (Å²) < 4.78 is 13.3. The summed E-state index contributed by atoms with van der Waals surface area (Å²) in [5, 5.41) is 16.0. The first-order valence-corrected chi connectivity index (χ1v) is 12.6. The summed E-state index contributed by atoms with van der Waals surface area (Å²) in [5.41, 5.74) is 2.23. The summed E-state index contributed by atoms with van der Waals surface area (Å²) in [4.78, 5) is 29.3. The van der Waals surface area contributed by atoms with Crippen LogP contribution in [-0.2, 0) is 15.0 Å². The van der Waals surface area contributed by atoms with E-state index in [0.29, 0.717) is 49.5 Å². The summed E-state index contributed by atoms with van der Waals surface area (Å²) in [6.45, 7) is 11.1. The third kappa shape index (κ3) is 8.62. The molecule has 0 aliphatic heterocycles. The van der Waals surface area contributed by atoms with Gasteiger partial charge in [0.25, 0.3) is 5.91 Å². The molecule has 3 aromatic rings. The normalized spacial score (nSPS) is 11.6. The van der Waals surface area contributed by atoms with Gasteiger partial charge in [0.05, 0.1) is 17.8 Å². The fraction of sp³-hybridized carbons (Fsp3) is 0.379. The molecule has 2 N–H and O–H groups in total. The van der Waals surface area contributed by atoms with Crippen molar-refractivity contribution < 1.29 is 18.8 Å². The first-order chi connectivity index (χ1) is 18.0. The third-order valence-corrected chi connectivity index (χ3v) is 5.77. The highest BCUT2D eigenvalue weighted by Crippen LogP contribution is 2.24. The van der Waals surface area contributed by atoms with Crippen molar-refractivity contribution in [3.8, 4) is 11.3 Å². The van der Waals surface area contributed by atoms with Crippen molar-refractivity contribution in [1.82, 2.24) is 20.6 Å². The molecule has 0 fully saturated rings. The van der Waals surface area contributed by atoms with Crippen molar-refractivity contribution in [2.24, 2.45) is 0 Å². The van der Waals surface area contributed by atoms with Crippen LogP contribution in [0.25, 0.3) is 11.3 Å². The quantitative estimate of drug-likeness (QED) is 0.198. The molecular formula is C29H36FN5O3. The fourth-order valence-corrected chi connectivity index (χ4v) is 3.73. The lowest BCUT2D eigenvalue weighted by atomic mass is 9.84. The Hall–Kier alpha value is -3.85. The number of hydrogen-bond donors (Lipinski definition) is 2. The molecular weight excluding hydrogens is 485 g/mol. The molecule has 0 saturated heterocycles. The number of hydroxylamine groups is 2. The van der Waals surface area contributed by atoms with Crippen LogP contribution in [0.5, 0.6) is 0 Å². The number of nitrogens with zero attached hydrogens (tertiary/aromatic N) is 3. The molecule has 0 atom stereocenters. The van der Waals surface area contributed by atoms with Gasteiger partial charge in [0, 0.05) is 29.6 Å². The lowest BCUT2D eigenvalue weighted by molar-refractivity contribution is -0.216. The predicted molar refractivity (Wildman–Crippen MR) is 146 cm³/mol. The number of hydrogen-bond acceptors (Lipinski definition) is 6. The van der Waals surface area contributed by atoms with E-state index in [4.69, 9.17) is 4.84 Å². The smallest absolute Gasteiger partial charge is 0.251 e. The van der Waals surface area contributed by atoms with Crippen molar-refractivity contribution >= 4 is 18.1 Å². The van der Waals surface area contributed by atoms with Gasteiger partial charge in [-0.1, -0.05) is 38.1 Å². The minimum Gasteiger partial charge on any atom is -0.368 e. The van der Waals surface area contributed by atoms with E-state index in [1.165, 1.54) is 17.2 Å². The molecule has 0 aliphatic rings. The fourth-order valence-electron chi connectivity index (χ4n) is 3.73. The minimum atomic E-state index is -0.470. The molecule has 0 saturated carbocycles. The van der Waals surface area contributed by atoms with Gasteiger partial charge in [-0.25, -0.2) is 9.45 Å². The number of anilines is 1. The van der Waals surface area contributed by atoms with Gasteiger partial charge in [-0.3, -0.25) is 14.4 Å². The van der Waals surface area contributed by atoms with Gasteiger partial charge < -0.3 is 10.6 Å². The van der Waals surface area contributed by atoms with Crippen LogP contribution >= 0.6 is 0 Å². The molecule has 0 aliphatic carbocycles. The van der Waals surface area contributed by atoms with Gasteiger partial charge in [0.2, 0.25) is 6.41 Å². The Morgan fingerprint density at radius 3 is 2.39 bits per heavy atom.